The molecule has 3 rings (SSSR count). The maximum absolute atomic E-state index is 12.2. The van der Waals surface area contributed by atoms with Crippen molar-refractivity contribution >= 4 is 21.8 Å². The first-order valence-electron chi connectivity index (χ1n) is 7.10. The number of amides is 1. The first-order chi connectivity index (χ1) is 11.0. The molecule has 1 atom stereocenters. The molecule has 0 fully saturated rings. The lowest BCUT2D eigenvalue weighted by molar-refractivity contribution is 0.1000. The van der Waals surface area contributed by atoms with E-state index < -0.39 is 5.91 Å². The summed E-state index contributed by atoms with van der Waals surface area (Å²) in [5.41, 5.74) is 6.31. The molecular formula is C17H17BrFNO3. The third-order valence-corrected chi connectivity index (χ3v) is 3.81. The molecule has 0 radical (unpaired) electrons. The fourth-order valence-electron chi connectivity index (χ4n) is 2.12. The van der Waals surface area contributed by atoms with Gasteiger partial charge in [-0.3, -0.25) is 4.79 Å². The number of carbonyl (C=O) groups is 1. The van der Waals surface area contributed by atoms with Crippen LogP contribution in [0.5, 0.6) is 5.75 Å². The van der Waals surface area contributed by atoms with Crippen LogP contribution in [0.1, 0.15) is 22.3 Å². The number of aliphatic hydroxyl groups is 1. The summed E-state index contributed by atoms with van der Waals surface area (Å²) in [6.45, 7) is 0.607. The van der Waals surface area contributed by atoms with Gasteiger partial charge in [0, 0.05) is 22.9 Å². The molecule has 4 nitrogen and oxygen atoms in total. The lowest BCUT2D eigenvalue weighted by Gasteiger charge is -2.06. The second kappa shape index (κ2) is 8.08. The van der Waals surface area contributed by atoms with Crippen molar-refractivity contribution in [3.05, 3.63) is 63.9 Å². The number of carbonyl (C=O) groups excluding carboxylic acids is 1. The minimum absolute atomic E-state index is 0.268. The molecule has 6 heteroatoms. The zero-order chi connectivity index (χ0) is 16.8. The number of rotatable bonds is 1. The van der Waals surface area contributed by atoms with E-state index in [4.69, 9.17) is 10.5 Å². The largest absolute Gasteiger partial charge is 0.493 e. The van der Waals surface area contributed by atoms with E-state index in [-0.39, 0.29) is 11.9 Å². The topological polar surface area (TPSA) is 72.6 Å². The number of aliphatic hydroxyl groups excluding tert-OH is 1. The fourth-order valence-corrected chi connectivity index (χ4v) is 2.53. The van der Waals surface area contributed by atoms with E-state index in [1.165, 1.54) is 24.3 Å². The van der Waals surface area contributed by atoms with Gasteiger partial charge in [-0.25, -0.2) is 4.39 Å². The second-order valence-electron chi connectivity index (χ2n) is 5.12. The molecule has 3 N–H and O–H groups in total. The molecule has 1 aliphatic rings. The van der Waals surface area contributed by atoms with E-state index in [1.807, 2.05) is 18.2 Å². The highest BCUT2D eigenvalue weighted by molar-refractivity contribution is 9.10. The van der Waals surface area contributed by atoms with Crippen molar-refractivity contribution in [1.82, 2.24) is 0 Å². The van der Waals surface area contributed by atoms with Crippen molar-refractivity contribution in [3.63, 3.8) is 0 Å². The molecule has 0 saturated carbocycles. The molecule has 23 heavy (non-hydrogen) atoms. The zero-order valence-electron chi connectivity index (χ0n) is 12.3. The van der Waals surface area contributed by atoms with Gasteiger partial charge in [0.1, 0.15) is 11.6 Å². The Morgan fingerprint density at radius 2 is 1.96 bits per heavy atom. The Bertz CT molecular complexity index is 676. The van der Waals surface area contributed by atoms with Gasteiger partial charge in [0.15, 0.2) is 0 Å². The van der Waals surface area contributed by atoms with Gasteiger partial charge in [0.2, 0.25) is 5.91 Å². The SMILES string of the molecule is NC(=O)c1ccc(F)cc1.OC1CCOc2ccc(Br)cc2C1. The van der Waals surface area contributed by atoms with E-state index in [2.05, 4.69) is 15.9 Å². The number of ether oxygens (including phenoxy) is 1. The monoisotopic (exact) mass is 381 g/mol. The predicted molar refractivity (Wildman–Crippen MR) is 88.9 cm³/mol. The van der Waals surface area contributed by atoms with Crippen LogP contribution >= 0.6 is 15.9 Å². The van der Waals surface area contributed by atoms with Gasteiger partial charge >= 0.3 is 0 Å². The van der Waals surface area contributed by atoms with Gasteiger partial charge in [-0.1, -0.05) is 15.9 Å². The van der Waals surface area contributed by atoms with Crippen molar-refractivity contribution in [2.24, 2.45) is 5.73 Å². The Morgan fingerprint density at radius 3 is 2.61 bits per heavy atom. The van der Waals surface area contributed by atoms with E-state index in [1.54, 1.807) is 0 Å². The summed E-state index contributed by atoms with van der Waals surface area (Å²) in [7, 11) is 0. The highest BCUT2D eigenvalue weighted by Crippen LogP contribution is 2.27. The van der Waals surface area contributed by atoms with E-state index in [0.29, 0.717) is 25.0 Å². The van der Waals surface area contributed by atoms with Crippen molar-refractivity contribution in [2.45, 2.75) is 18.9 Å². The van der Waals surface area contributed by atoms with Crippen LogP contribution in [0.2, 0.25) is 0 Å². The van der Waals surface area contributed by atoms with E-state index >= 15 is 0 Å². The number of nitrogens with two attached hydrogens (primary N) is 1. The van der Waals surface area contributed by atoms with Crippen LogP contribution in [0, 0.1) is 5.82 Å². The van der Waals surface area contributed by atoms with Crippen LogP contribution in [0.3, 0.4) is 0 Å². The number of fused-ring (bicyclic) bond motifs is 1. The number of hydrogen-bond donors (Lipinski definition) is 2. The smallest absolute Gasteiger partial charge is 0.248 e. The Hall–Kier alpha value is -1.92. The summed E-state index contributed by atoms with van der Waals surface area (Å²) >= 11 is 3.40. The van der Waals surface area contributed by atoms with Gasteiger partial charge < -0.3 is 15.6 Å². The van der Waals surface area contributed by atoms with Gasteiger partial charge in [-0.05, 0) is 48.0 Å². The predicted octanol–water partition coefficient (Wildman–Crippen LogP) is 3.06. The van der Waals surface area contributed by atoms with Crippen LogP contribution < -0.4 is 10.5 Å². The maximum atomic E-state index is 12.2. The summed E-state index contributed by atoms with van der Waals surface area (Å²) in [6, 6.07) is 11.0. The molecule has 2 aromatic rings. The minimum Gasteiger partial charge on any atom is -0.493 e. The number of hydrogen-bond acceptors (Lipinski definition) is 3. The van der Waals surface area contributed by atoms with Crippen LogP contribution in [0.4, 0.5) is 4.39 Å². The number of halogens is 2. The molecule has 1 amide bonds. The molecule has 1 aliphatic heterocycles. The normalized spacial score (nSPS) is 16.2. The average molecular weight is 382 g/mol. The molecule has 0 aliphatic carbocycles. The molecule has 0 bridgehead atoms. The average Bonchev–Trinajstić information content (AvgIpc) is 2.68. The van der Waals surface area contributed by atoms with Crippen LogP contribution in [-0.4, -0.2) is 23.7 Å². The zero-order valence-corrected chi connectivity index (χ0v) is 13.9. The molecule has 1 unspecified atom stereocenters. The van der Waals surface area contributed by atoms with Crippen LogP contribution in [-0.2, 0) is 6.42 Å². The lowest BCUT2D eigenvalue weighted by atomic mass is 10.1. The van der Waals surface area contributed by atoms with Crippen molar-refractivity contribution in [1.29, 1.82) is 0 Å². The van der Waals surface area contributed by atoms with Crippen LogP contribution in [0.15, 0.2) is 46.9 Å². The van der Waals surface area contributed by atoms with Crippen molar-refractivity contribution in [3.8, 4) is 5.75 Å². The number of primary amides is 1. The van der Waals surface area contributed by atoms with E-state index in [0.717, 1.165) is 15.8 Å². The Kier molecular flexibility index (Phi) is 6.12. The standard InChI is InChI=1S/C10H11BrO2.C7H6FNO/c11-8-1-2-10-7(5-8)6-9(12)3-4-13-10;8-6-3-1-5(2-4-6)7(9)10/h1-2,5,9,12H,3-4,6H2;1-4H,(H2,9,10). The third-order valence-electron chi connectivity index (χ3n) is 3.32. The first-order valence-corrected chi connectivity index (χ1v) is 7.89. The van der Waals surface area contributed by atoms with Crippen molar-refractivity contribution in [2.75, 3.05) is 6.61 Å². The van der Waals surface area contributed by atoms with Gasteiger partial charge in [-0.15, -0.1) is 0 Å². The summed E-state index contributed by atoms with van der Waals surface area (Å²) in [6.07, 6.45) is 1.14. The summed E-state index contributed by atoms with van der Waals surface area (Å²) in [5, 5.41) is 9.53. The van der Waals surface area contributed by atoms with Gasteiger partial charge in [-0.2, -0.15) is 0 Å². The molecule has 1 heterocycles. The summed E-state index contributed by atoms with van der Waals surface area (Å²) in [4.78, 5) is 10.4. The molecule has 0 aromatic heterocycles. The van der Waals surface area contributed by atoms with Crippen molar-refractivity contribution < 1.29 is 19.0 Å². The highest BCUT2D eigenvalue weighted by Gasteiger charge is 2.15. The Morgan fingerprint density at radius 1 is 1.26 bits per heavy atom. The molecule has 2 aromatic carbocycles. The maximum Gasteiger partial charge on any atom is 0.248 e. The van der Waals surface area contributed by atoms with Gasteiger partial charge in [0.25, 0.3) is 0 Å². The molecule has 0 spiro atoms. The third kappa shape index (κ3) is 5.33. The quantitative estimate of drug-likeness (QED) is 0.797. The van der Waals surface area contributed by atoms with Crippen LogP contribution in [0.25, 0.3) is 0 Å². The van der Waals surface area contributed by atoms with Gasteiger partial charge in [0.05, 0.1) is 12.7 Å². The highest BCUT2D eigenvalue weighted by atomic mass is 79.9. The Labute approximate surface area is 142 Å². The summed E-state index contributed by atoms with van der Waals surface area (Å²) < 4.78 is 18.7. The number of benzene rings is 2. The lowest BCUT2D eigenvalue weighted by Crippen LogP contribution is -2.10. The molecule has 0 saturated heterocycles. The molecular weight excluding hydrogens is 365 g/mol. The molecule has 122 valence electrons. The van der Waals surface area contributed by atoms with E-state index in [9.17, 15) is 14.3 Å². The fraction of sp³-hybridized carbons (Fsp3) is 0.235. The Balaban J connectivity index is 0.000000174. The minimum atomic E-state index is -0.542. The first kappa shape index (κ1) is 17.4. The second-order valence-corrected chi connectivity index (χ2v) is 6.03. The summed E-state index contributed by atoms with van der Waals surface area (Å²) in [5.74, 6) is -0.00949.